The number of carbonyl (C=O) groups excluding carboxylic acids is 1. The highest BCUT2D eigenvalue weighted by Crippen LogP contribution is 2.22. The topological polar surface area (TPSA) is 42.0 Å². The lowest BCUT2D eigenvalue weighted by atomic mass is 10.2. The molecule has 18 heavy (non-hydrogen) atoms. The van der Waals surface area contributed by atoms with E-state index in [-0.39, 0.29) is 5.91 Å². The Hall–Kier alpha value is -1.39. The number of halogens is 1. The van der Waals surface area contributed by atoms with E-state index >= 15 is 0 Å². The number of para-hydroxylation sites is 1. The Bertz CT molecular complexity index is 580. The number of hydrogen-bond acceptors (Lipinski definition) is 3. The summed E-state index contributed by atoms with van der Waals surface area (Å²) in [4.78, 5) is 17.2. The normalized spacial score (nSPS) is 10.4. The van der Waals surface area contributed by atoms with Crippen LogP contribution >= 0.6 is 22.9 Å². The summed E-state index contributed by atoms with van der Waals surface area (Å²) in [6, 6.07) is 7.20. The molecule has 0 aliphatic rings. The maximum absolute atomic E-state index is 11.9. The molecule has 1 aromatic carbocycles. The van der Waals surface area contributed by atoms with Crippen LogP contribution in [0.1, 0.15) is 15.6 Å². The average Bonchev–Trinajstić information content (AvgIpc) is 2.61. The van der Waals surface area contributed by atoms with Crippen molar-refractivity contribution in [3.8, 4) is 0 Å². The number of thiazole rings is 1. The molecule has 0 bridgehead atoms. The summed E-state index contributed by atoms with van der Waals surface area (Å²) in [7, 11) is 0. The molecule has 1 aromatic heterocycles. The molecule has 94 valence electrons. The minimum Gasteiger partial charge on any atom is -0.324 e. The highest BCUT2D eigenvalue weighted by atomic mass is 35.5. The molecule has 3 nitrogen and oxygen atoms in total. The molecule has 2 aromatic rings. The lowest BCUT2D eigenvalue weighted by Gasteiger charge is -2.06. The van der Waals surface area contributed by atoms with E-state index in [2.05, 4.69) is 10.3 Å². The van der Waals surface area contributed by atoms with Crippen LogP contribution in [0.2, 0.25) is 5.02 Å². The summed E-state index contributed by atoms with van der Waals surface area (Å²) in [6.07, 6.45) is 0.336. The number of anilines is 1. The second-order valence-electron chi connectivity index (χ2n) is 3.95. The van der Waals surface area contributed by atoms with Crippen molar-refractivity contribution >= 4 is 34.5 Å². The SMILES string of the molecule is Cc1nc(C)c(CC(=O)Nc2ccccc2Cl)s1. The van der Waals surface area contributed by atoms with Gasteiger partial charge in [-0.25, -0.2) is 4.98 Å². The maximum Gasteiger partial charge on any atom is 0.229 e. The number of rotatable bonds is 3. The zero-order valence-electron chi connectivity index (χ0n) is 10.2. The molecule has 0 atom stereocenters. The van der Waals surface area contributed by atoms with Crippen LogP contribution < -0.4 is 5.32 Å². The molecule has 0 saturated carbocycles. The summed E-state index contributed by atoms with van der Waals surface area (Å²) in [6.45, 7) is 3.86. The minimum absolute atomic E-state index is 0.0742. The van der Waals surface area contributed by atoms with E-state index < -0.39 is 0 Å². The van der Waals surface area contributed by atoms with Gasteiger partial charge in [0.1, 0.15) is 0 Å². The van der Waals surface area contributed by atoms with Gasteiger partial charge < -0.3 is 5.32 Å². The predicted molar refractivity (Wildman–Crippen MR) is 75.4 cm³/mol. The number of nitrogens with one attached hydrogen (secondary N) is 1. The van der Waals surface area contributed by atoms with Crippen LogP contribution in [-0.4, -0.2) is 10.9 Å². The van der Waals surface area contributed by atoms with Crippen molar-refractivity contribution in [1.29, 1.82) is 0 Å². The van der Waals surface area contributed by atoms with Gasteiger partial charge in [0.05, 0.1) is 27.8 Å². The van der Waals surface area contributed by atoms with E-state index in [0.29, 0.717) is 17.1 Å². The van der Waals surface area contributed by atoms with Crippen molar-refractivity contribution < 1.29 is 4.79 Å². The van der Waals surface area contributed by atoms with Gasteiger partial charge in [0.15, 0.2) is 0 Å². The zero-order chi connectivity index (χ0) is 13.1. The van der Waals surface area contributed by atoms with Gasteiger partial charge in [-0.2, -0.15) is 0 Å². The molecule has 5 heteroatoms. The quantitative estimate of drug-likeness (QED) is 0.933. The molecule has 1 amide bonds. The van der Waals surface area contributed by atoms with Crippen LogP contribution in [0.4, 0.5) is 5.69 Å². The standard InChI is InChI=1S/C13H13ClN2OS/c1-8-12(18-9(2)15-8)7-13(17)16-11-6-4-3-5-10(11)14/h3-6H,7H2,1-2H3,(H,16,17). The summed E-state index contributed by atoms with van der Waals surface area (Å²) in [5, 5.41) is 4.33. The zero-order valence-corrected chi connectivity index (χ0v) is 11.7. The largest absolute Gasteiger partial charge is 0.324 e. The number of amides is 1. The molecular weight excluding hydrogens is 268 g/mol. The van der Waals surface area contributed by atoms with E-state index in [1.54, 1.807) is 23.5 Å². The van der Waals surface area contributed by atoms with Crippen molar-refractivity contribution in [3.05, 3.63) is 44.9 Å². The Balaban J connectivity index is 2.06. The first-order valence-electron chi connectivity index (χ1n) is 5.53. The number of hydrogen-bond donors (Lipinski definition) is 1. The highest BCUT2D eigenvalue weighted by molar-refractivity contribution is 7.11. The number of nitrogens with zero attached hydrogens (tertiary/aromatic N) is 1. The fraction of sp³-hybridized carbons (Fsp3) is 0.231. The van der Waals surface area contributed by atoms with Gasteiger partial charge in [0, 0.05) is 4.88 Å². The number of carbonyl (C=O) groups is 1. The monoisotopic (exact) mass is 280 g/mol. The molecule has 2 rings (SSSR count). The number of aromatic nitrogens is 1. The predicted octanol–water partition coefficient (Wildman–Crippen LogP) is 3.59. The second kappa shape index (κ2) is 5.50. The van der Waals surface area contributed by atoms with Crippen molar-refractivity contribution in [1.82, 2.24) is 4.98 Å². The molecule has 0 radical (unpaired) electrons. The van der Waals surface area contributed by atoms with Gasteiger partial charge in [0.2, 0.25) is 5.91 Å². The first-order chi connectivity index (χ1) is 8.56. The van der Waals surface area contributed by atoms with Crippen LogP contribution in [0.25, 0.3) is 0 Å². The Labute approximate surface area is 115 Å². The van der Waals surface area contributed by atoms with Crippen molar-refractivity contribution in [2.45, 2.75) is 20.3 Å². The van der Waals surface area contributed by atoms with E-state index in [9.17, 15) is 4.79 Å². The van der Waals surface area contributed by atoms with Gasteiger partial charge in [-0.15, -0.1) is 11.3 Å². The third-order valence-corrected chi connectivity index (χ3v) is 3.87. The summed E-state index contributed by atoms with van der Waals surface area (Å²) < 4.78 is 0. The van der Waals surface area contributed by atoms with E-state index in [1.165, 1.54) is 0 Å². The van der Waals surface area contributed by atoms with Gasteiger partial charge in [-0.05, 0) is 26.0 Å². The summed E-state index contributed by atoms with van der Waals surface area (Å²) in [5.74, 6) is -0.0742. The van der Waals surface area contributed by atoms with E-state index in [0.717, 1.165) is 15.6 Å². The molecule has 0 saturated heterocycles. The summed E-state index contributed by atoms with van der Waals surface area (Å²) >= 11 is 7.53. The van der Waals surface area contributed by atoms with Crippen LogP contribution in [-0.2, 0) is 11.2 Å². The fourth-order valence-corrected chi connectivity index (χ4v) is 2.76. The first-order valence-corrected chi connectivity index (χ1v) is 6.73. The van der Waals surface area contributed by atoms with Crippen LogP contribution in [0.5, 0.6) is 0 Å². The smallest absolute Gasteiger partial charge is 0.229 e. The second-order valence-corrected chi connectivity index (χ2v) is 5.64. The van der Waals surface area contributed by atoms with Crippen LogP contribution in [0.15, 0.2) is 24.3 Å². The van der Waals surface area contributed by atoms with E-state index in [1.807, 2.05) is 26.0 Å². The van der Waals surface area contributed by atoms with Crippen LogP contribution in [0, 0.1) is 13.8 Å². The average molecular weight is 281 g/mol. The Kier molecular flexibility index (Phi) is 3.99. The lowest BCUT2D eigenvalue weighted by Crippen LogP contribution is -2.14. The molecule has 1 heterocycles. The number of aryl methyl sites for hydroxylation is 2. The molecule has 0 unspecified atom stereocenters. The molecule has 1 N–H and O–H groups in total. The molecule has 0 aliphatic heterocycles. The van der Waals surface area contributed by atoms with Gasteiger partial charge in [-0.3, -0.25) is 4.79 Å². The molecule has 0 fully saturated rings. The Morgan fingerprint density at radius 1 is 1.39 bits per heavy atom. The van der Waals surface area contributed by atoms with Crippen molar-refractivity contribution in [3.63, 3.8) is 0 Å². The summed E-state index contributed by atoms with van der Waals surface area (Å²) in [5.41, 5.74) is 1.56. The van der Waals surface area contributed by atoms with Gasteiger partial charge >= 0.3 is 0 Å². The first kappa shape index (κ1) is 13.1. The molecular formula is C13H13ClN2OS. The van der Waals surface area contributed by atoms with Gasteiger partial charge in [-0.1, -0.05) is 23.7 Å². The third kappa shape index (κ3) is 3.09. The molecule has 0 aliphatic carbocycles. The lowest BCUT2D eigenvalue weighted by molar-refractivity contribution is -0.115. The maximum atomic E-state index is 11.9. The van der Waals surface area contributed by atoms with Crippen molar-refractivity contribution in [2.75, 3.05) is 5.32 Å². The Morgan fingerprint density at radius 3 is 2.72 bits per heavy atom. The van der Waals surface area contributed by atoms with Crippen molar-refractivity contribution in [2.24, 2.45) is 0 Å². The minimum atomic E-state index is -0.0742. The fourth-order valence-electron chi connectivity index (χ4n) is 1.64. The highest BCUT2D eigenvalue weighted by Gasteiger charge is 2.11. The Morgan fingerprint density at radius 2 is 2.11 bits per heavy atom. The van der Waals surface area contributed by atoms with Crippen LogP contribution in [0.3, 0.4) is 0 Å². The number of benzene rings is 1. The van der Waals surface area contributed by atoms with E-state index in [4.69, 9.17) is 11.6 Å². The molecule has 0 spiro atoms. The van der Waals surface area contributed by atoms with Gasteiger partial charge in [0.25, 0.3) is 0 Å². The third-order valence-electron chi connectivity index (χ3n) is 2.47.